The molecule has 1 fully saturated rings. The van der Waals surface area contributed by atoms with Crippen LogP contribution in [0.15, 0.2) is 17.4 Å². The number of rotatable bonds is 6. The summed E-state index contributed by atoms with van der Waals surface area (Å²) in [6.45, 7) is 7.01. The van der Waals surface area contributed by atoms with Gasteiger partial charge in [0, 0.05) is 19.2 Å². The first-order valence-corrected chi connectivity index (χ1v) is 8.32. The Morgan fingerprint density at radius 2 is 2.11 bits per heavy atom. The number of hydrogen-bond acceptors (Lipinski definition) is 5. The first-order valence-electron chi connectivity index (χ1n) is 7.10. The molecule has 0 aliphatic carbocycles. The van der Waals surface area contributed by atoms with Gasteiger partial charge in [-0.15, -0.1) is 11.8 Å². The topological polar surface area (TPSA) is 41.0 Å². The van der Waals surface area contributed by atoms with Crippen molar-refractivity contribution in [2.24, 2.45) is 5.92 Å². The molecule has 1 saturated heterocycles. The minimum absolute atomic E-state index is 0.644. The van der Waals surface area contributed by atoms with Gasteiger partial charge >= 0.3 is 0 Å². The van der Waals surface area contributed by atoms with Gasteiger partial charge in [-0.2, -0.15) is 0 Å². The SMILES string of the molecule is CSc1cc(NCC(C)CN2CCCCC2)ncn1. The minimum Gasteiger partial charge on any atom is -0.370 e. The molecule has 0 aromatic carbocycles. The second kappa shape index (κ2) is 7.70. The number of nitrogens with zero attached hydrogens (tertiary/aromatic N) is 3. The van der Waals surface area contributed by atoms with Crippen LogP contribution in [0.5, 0.6) is 0 Å². The molecule has 0 bridgehead atoms. The summed E-state index contributed by atoms with van der Waals surface area (Å²) in [6.07, 6.45) is 7.79. The highest BCUT2D eigenvalue weighted by Crippen LogP contribution is 2.15. The molecule has 5 heteroatoms. The molecule has 19 heavy (non-hydrogen) atoms. The zero-order valence-corrected chi connectivity index (χ0v) is 12.7. The van der Waals surface area contributed by atoms with E-state index in [9.17, 15) is 0 Å². The lowest BCUT2D eigenvalue weighted by Crippen LogP contribution is -2.35. The lowest BCUT2D eigenvalue weighted by Gasteiger charge is -2.29. The van der Waals surface area contributed by atoms with Crippen LogP contribution in [0.25, 0.3) is 0 Å². The first kappa shape index (κ1) is 14.6. The van der Waals surface area contributed by atoms with E-state index in [0.29, 0.717) is 5.92 Å². The van der Waals surface area contributed by atoms with Gasteiger partial charge in [-0.1, -0.05) is 13.3 Å². The molecule has 0 spiro atoms. The van der Waals surface area contributed by atoms with Gasteiger partial charge in [0.25, 0.3) is 0 Å². The second-order valence-corrected chi connectivity index (χ2v) is 6.12. The Labute approximate surface area is 120 Å². The van der Waals surface area contributed by atoms with Crippen LogP contribution in [0.1, 0.15) is 26.2 Å². The molecule has 1 N–H and O–H groups in total. The van der Waals surface area contributed by atoms with Crippen molar-refractivity contribution in [2.75, 3.05) is 37.8 Å². The number of nitrogens with one attached hydrogen (secondary N) is 1. The molecule has 1 atom stereocenters. The monoisotopic (exact) mass is 280 g/mol. The van der Waals surface area contributed by atoms with Crippen LogP contribution in [0.3, 0.4) is 0 Å². The average Bonchev–Trinajstić information content (AvgIpc) is 2.46. The normalized spacial score (nSPS) is 18.2. The molecule has 106 valence electrons. The van der Waals surface area contributed by atoms with Crippen molar-refractivity contribution < 1.29 is 0 Å². The molecule has 1 unspecified atom stereocenters. The van der Waals surface area contributed by atoms with Crippen molar-refractivity contribution in [3.8, 4) is 0 Å². The van der Waals surface area contributed by atoms with Gasteiger partial charge in [0.2, 0.25) is 0 Å². The van der Waals surface area contributed by atoms with Crippen molar-refractivity contribution >= 4 is 17.6 Å². The van der Waals surface area contributed by atoms with Crippen LogP contribution in [-0.2, 0) is 0 Å². The molecular formula is C14H24N4S. The Kier molecular flexibility index (Phi) is 5.92. The third-order valence-corrected chi connectivity index (χ3v) is 4.14. The van der Waals surface area contributed by atoms with E-state index in [1.165, 1.54) is 38.9 Å². The first-order chi connectivity index (χ1) is 9.28. The van der Waals surface area contributed by atoms with Crippen LogP contribution < -0.4 is 5.32 Å². The summed E-state index contributed by atoms with van der Waals surface area (Å²) in [4.78, 5) is 11.0. The van der Waals surface area contributed by atoms with E-state index in [1.807, 2.05) is 12.3 Å². The fourth-order valence-corrected chi connectivity index (χ4v) is 2.86. The molecule has 4 nitrogen and oxygen atoms in total. The van der Waals surface area contributed by atoms with E-state index in [0.717, 1.165) is 17.4 Å². The molecular weight excluding hydrogens is 256 g/mol. The third-order valence-electron chi connectivity index (χ3n) is 3.50. The van der Waals surface area contributed by atoms with Gasteiger partial charge in [0.05, 0.1) is 0 Å². The van der Waals surface area contributed by atoms with Gasteiger partial charge in [0.1, 0.15) is 17.2 Å². The predicted octanol–water partition coefficient (Wildman–Crippen LogP) is 2.73. The van der Waals surface area contributed by atoms with Crippen LogP contribution >= 0.6 is 11.8 Å². The molecule has 2 heterocycles. The summed E-state index contributed by atoms with van der Waals surface area (Å²) < 4.78 is 0. The maximum Gasteiger partial charge on any atom is 0.130 e. The standard InChI is InChI=1S/C14H24N4S/c1-12(10-18-6-4-3-5-7-18)9-15-13-8-14(19-2)17-11-16-13/h8,11-12H,3-7,9-10H2,1-2H3,(H,15,16,17). The number of piperidine rings is 1. The highest BCUT2D eigenvalue weighted by Gasteiger charge is 2.13. The predicted molar refractivity (Wildman–Crippen MR) is 81.8 cm³/mol. The zero-order chi connectivity index (χ0) is 13.5. The maximum absolute atomic E-state index is 4.26. The molecule has 1 aliphatic heterocycles. The van der Waals surface area contributed by atoms with E-state index in [2.05, 4.69) is 27.1 Å². The van der Waals surface area contributed by atoms with Crippen LogP contribution in [0, 0.1) is 5.92 Å². The largest absolute Gasteiger partial charge is 0.370 e. The van der Waals surface area contributed by atoms with E-state index < -0.39 is 0 Å². The number of hydrogen-bond donors (Lipinski definition) is 1. The molecule has 0 amide bonds. The fourth-order valence-electron chi connectivity index (χ4n) is 2.47. The summed E-state index contributed by atoms with van der Waals surface area (Å²) >= 11 is 1.65. The fraction of sp³-hybridized carbons (Fsp3) is 0.714. The molecule has 1 aromatic rings. The Bertz CT molecular complexity index is 379. The van der Waals surface area contributed by atoms with E-state index in [1.54, 1.807) is 18.1 Å². The maximum atomic E-state index is 4.26. The zero-order valence-electron chi connectivity index (χ0n) is 11.9. The number of likely N-dealkylation sites (tertiary alicyclic amines) is 1. The van der Waals surface area contributed by atoms with Gasteiger partial charge in [-0.05, 0) is 38.1 Å². The quantitative estimate of drug-likeness (QED) is 0.641. The third kappa shape index (κ3) is 4.99. The molecule has 0 radical (unpaired) electrons. The molecule has 2 rings (SSSR count). The van der Waals surface area contributed by atoms with Gasteiger partial charge in [0.15, 0.2) is 0 Å². The lowest BCUT2D eigenvalue weighted by atomic mass is 10.1. The van der Waals surface area contributed by atoms with Gasteiger partial charge in [-0.25, -0.2) is 9.97 Å². The van der Waals surface area contributed by atoms with E-state index in [-0.39, 0.29) is 0 Å². The number of anilines is 1. The molecule has 1 aromatic heterocycles. The second-order valence-electron chi connectivity index (χ2n) is 5.29. The highest BCUT2D eigenvalue weighted by molar-refractivity contribution is 7.98. The summed E-state index contributed by atoms with van der Waals surface area (Å²) in [7, 11) is 0. The molecule has 1 aliphatic rings. The van der Waals surface area contributed by atoms with Crippen molar-refractivity contribution in [3.63, 3.8) is 0 Å². The van der Waals surface area contributed by atoms with Crippen LogP contribution in [0.4, 0.5) is 5.82 Å². The summed E-state index contributed by atoms with van der Waals surface area (Å²) in [5.41, 5.74) is 0. The van der Waals surface area contributed by atoms with Crippen molar-refractivity contribution in [1.82, 2.24) is 14.9 Å². The average molecular weight is 280 g/mol. The summed E-state index contributed by atoms with van der Waals surface area (Å²) in [5.74, 6) is 1.58. The van der Waals surface area contributed by atoms with E-state index in [4.69, 9.17) is 0 Å². The Morgan fingerprint density at radius 1 is 1.32 bits per heavy atom. The Morgan fingerprint density at radius 3 is 2.84 bits per heavy atom. The van der Waals surface area contributed by atoms with Crippen molar-refractivity contribution in [1.29, 1.82) is 0 Å². The van der Waals surface area contributed by atoms with E-state index >= 15 is 0 Å². The van der Waals surface area contributed by atoms with Gasteiger partial charge < -0.3 is 10.2 Å². The Hall–Kier alpha value is -0.810. The van der Waals surface area contributed by atoms with Crippen LogP contribution in [-0.4, -0.2) is 47.3 Å². The van der Waals surface area contributed by atoms with Crippen molar-refractivity contribution in [3.05, 3.63) is 12.4 Å². The van der Waals surface area contributed by atoms with Crippen LogP contribution in [0.2, 0.25) is 0 Å². The number of thioether (sulfide) groups is 1. The van der Waals surface area contributed by atoms with Crippen molar-refractivity contribution in [2.45, 2.75) is 31.2 Å². The Balaban J connectivity index is 1.74. The summed E-state index contributed by atoms with van der Waals surface area (Å²) in [5, 5.41) is 4.43. The van der Waals surface area contributed by atoms with Gasteiger partial charge in [-0.3, -0.25) is 0 Å². The smallest absolute Gasteiger partial charge is 0.130 e. The molecule has 0 saturated carbocycles. The lowest BCUT2D eigenvalue weighted by molar-refractivity contribution is 0.204. The number of aromatic nitrogens is 2. The minimum atomic E-state index is 0.644. The summed E-state index contributed by atoms with van der Waals surface area (Å²) in [6, 6.07) is 2.01. The highest BCUT2D eigenvalue weighted by atomic mass is 32.2.